The van der Waals surface area contributed by atoms with Crippen molar-refractivity contribution in [2.75, 3.05) is 30.7 Å². The average Bonchev–Trinajstić information content (AvgIpc) is 3.13. The van der Waals surface area contributed by atoms with E-state index in [-0.39, 0.29) is 16.8 Å². The first-order chi connectivity index (χ1) is 14.8. The normalized spacial score (nSPS) is 17.8. The number of hydrogen-bond donors (Lipinski definition) is 1. The van der Waals surface area contributed by atoms with Crippen molar-refractivity contribution < 1.29 is 9.59 Å². The molecular weight excluding hydrogens is 453 g/mol. The minimum atomic E-state index is -0.294. The molecule has 0 radical (unpaired) electrons. The predicted octanol–water partition coefficient (Wildman–Crippen LogP) is 5.82. The molecule has 1 spiro atoms. The molecule has 164 valence electrons. The molecule has 0 aromatic heterocycles. The second-order valence-electron chi connectivity index (χ2n) is 8.09. The highest BCUT2D eigenvalue weighted by Crippen LogP contribution is 2.45. The fourth-order valence-electron chi connectivity index (χ4n) is 4.20. The Balaban J connectivity index is 1.43. The van der Waals surface area contributed by atoms with E-state index < -0.39 is 0 Å². The molecule has 0 atom stereocenters. The Morgan fingerprint density at radius 1 is 1.00 bits per heavy atom. The Morgan fingerprint density at radius 2 is 1.74 bits per heavy atom. The molecule has 2 aromatic rings. The second kappa shape index (κ2) is 8.93. The highest BCUT2D eigenvalue weighted by Gasteiger charge is 2.47. The zero-order valence-corrected chi connectivity index (χ0v) is 19.9. The fraction of sp³-hybridized carbons (Fsp3) is 0.391. The lowest BCUT2D eigenvalue weighted by Gasteiger charge is -2.44. The monoisotopic (exact) mass is 477 g/mol. The summed E-state index contributed by atoms with van der Waals surface area (Å²) in [6, 6.07) is 10.8. The number of piperidine rings is 1. The number of hydrogen-bond acceptors (Lipinski definition) is 3. The van der Waals surface area contributed by atoms with Gasteiger partial charge in [0.15, 0.2) is 0 Å². The first-order valence-electron chi connectivity index (χ1n) is 10.3. The van der Waals surface area contributed by atoms with Crippen molar-refractivity contribution in [3.05, 3.63) is 63.1 Å². The number of anilines is 1. The van der Waals surface area contributed by atoms with Gasteiger partial charge >= 0.3 is 6.03 Å². The molecule has 31 heavy (non-hydrogen) atoms. The van der Waals surface area contributed by atoms with Crippen LogP contribution in [0.5, 0.6) is 0 Å². The molecule has 2 aromatic carbocycles. The van der Waals surface area contributed by atoms with Crippen LogP contribution in [0.1, 0.15) is 34.3 Å². The minimum Gasteiger partial charge on any atom is -0.324 e. The summed E-state index contributed by atoms with van der Waals surface area (Å²) in [6.07, 6.45) is 1.46. The zero-order valence-electron chi connectivity index (χ0n) is 17.6. The lowest BCUT2D eigenvalue weighted by molar-refractivity contribution is 0.0586. The van der Waals surface area contributed by atoms with Gasteiger partial charge in [-0.3, -0.25) is 4.79 Å². The van der Waals surface area contributed by atoms with E-state index in [0.29, 0.717) is 35.2 Å². The molecule has 2 heterocycles. The average molecular weight is 478 g/mol. The standard InChI is InChI=1S/C23H25Cl2N3O2S/c1-15-3-5-18(13-16(15)2)26-22(30)27-9-7-23(8-10-27)28(11-12-31-23)21(29)19-6-4-17(24)14-20(19)25/h3-6,13-14H,7-12H2,1-2H3,(H,26,30). The fourth-order valence-corrected chi connectivity index (χ4v) is 6.14. The first-order valence-corrected chi connectivity index (χ1v) is 12.1. The molecule has 0 bridgehead atoms. The van der Waals surface area contributed by atoms with E-state index in [1.807, 2.05) is 34.9 Å². The van der Waals surface area contributed by atoms with Crippen molar-refractivity contribution in [3.63, 3.8) is 0 Å². The number of nitrogens with one attached hydrogen (secondary N) is 1. The number of nitrogens with zero attached hydrogens (tertiary/aromatic N) is 2. The van der Waals surface area contributed by atoms with Gasteiger partial charge in [0.1, 0.15) is 0 Å². The summed E-state index contributed by atoms with van der Waals surface area (Å²) in [7, 11) is 0. The third-order valence-corrected chi connectivity index (χ3v) is 8.27. The van der Waals surface area contributed by atoms with E-state index in [0.717, 1.165) is 29.8 Å². The number of likely N-dealkylation sites (tertiary alicyclic amines) is 1. The third-order valence-electron chi connectivity index (χ3n) is 6.17. The van der Waals surface area contributed by atoms with Gasteiger partial charge in [-0.15, -0.1) is 11.8 Å². The van der Waals surface area contributed by atoms with Crippen molar-refractivity contribution in [3.8, 4) is 0 Å². The molecule has 4 rings (SSSR count). The number of aryl methyl sites for hydroxylation is 2. The Hall–Kier alpha value is -1.89. The summed E-state index contributed by atoms with van der Waals surface area (Å²) in [4.78, 5) is 29.5. The van der Waals surface area contributed by atoms with Crippen LogP contribution in [0.4, 0.5) is 10.5 Å². The number of carbonyl (C=O) groups excluding carboxylic acids is 2. The molecular formula is C23H25Cl2N3O2S. The molecule has 0 aliphatic carbocycles. The summed E-state index contributed by atoms with van der Waals surface area (Å²) in [5.74, 6) is 0.811. The summed E-state index contributed by atoms with van der Waals surface area (Å²) < 4.78 is 0. The van der Waals surface area contributed by atoms with Gasteiger partial charge in [0.2, 0.25) is 0 Å². The van der Waals surface area contributed by atoms with Gasteiger partial charge in [-0.2, -0.15) is 0 Å². The van der Waals surface area contributed by atoms with Crippen molar-refractivity contribution in [1.29, 1.82) is 0 Å². The van der Waals surface area contributed by atoms with E-state index in [9.17, 15) is 9.59 Å². The number of urea groups is 1. The van der Waals surface area contributed by atoms with Crippen molar-refractivity contribution in [2.24, 2.45) is 0 Å². The maximum atomic E-state index is 13.3. The number of benzene rings is 2. The molecule has 0 saturated carbocycles. The lowest BCUT2D eigenvalue weighted by atomic mass is 10.0. The highest BCUT2D eigenvalue weighted by molar-refractivity contribution is 8.00. The molecule has 2 aliphatic heterocycles. The Labute approximate surface area is 197 Å². The van der Waals surface area contributed by atoms with E-state index in [1.165, 1.54) is 5.56 Å². The quantitative estimate of drug-likeness (QED) is 0.592. The number of rotatable bonds is 2. The van der Waals surface area contributed by atoms with E-state index in [2.05, 4.69) is 12.2 Å². The summed E-state index contributed by atoms with van der Waals surface area (Å²) >= 11 is 14.1. The second-order valence-corrected chi connectivity index (χ2v) is 10.4. The third kappa shape index (κ3) is 4.52. The van der Waals surface area contributed by atoms with E-state index in [1.54, 1.807) is 30.0 Å². The topological polar surface area (TPSA) is 52.7 Å². The van der Waals surface area contributed by atoms with Crippen LogP contribution in [0, 0.1) is 13.8 Å². The molecule has 2 saturated heterocycles. The summed E-state index contributed by atoms with van der Waals surface area (Å²) in [5.41, 5.74) is 3.62. The first kappa shape index (κ1) is 22.3. The molecule has 2 fully saturated rings. The van der Waals surface area contributed by atoms with Crippen molar-refractivity contribution in [1.82, 2.24) is 9.80 Å². The highest BCUT2D eigenvalue weighted by atomic mass is 35.5. The number of carbonyl (C=O) groups is 2. The van der Waals surface area contributed by atoms with Gasteiger partial charge in [0, 0.05) is 36.1 Å². The van der Waals surface area contributed by atoms with Crippen LogP contribution in [0.2, 0.25) is 10.0 Å². The minimum absolute atomic E-state index is 0.0697. The molecule has 8 heteroatoms. The summed E-state index contributed by atoms with van der Waals surface area (Å²) in [5, 5.41) is 3.88. The van der Waals surface area contributed by atoms with Crippen LogP contribution in [0.25, 0.3) is 0 Å². The van der Waals surface area contributed by atoms with Crippen LogP contribution in [-0.2, 0) is 0 Å². The molecule has 0 unspecified atom stereocenters. The molecule has 5 nitrogen and oxygen atoms in total. The van der Waals surface area contributed by atoms with Crippen LogP contribution in [0.3, 0.4) is 0 Å². The van der Waals surface area contributed by atoms with Crippen LogP contribution < -0.4 is 5.32 Å². The van der Waals surface area contributed by atoms with Gasteiger partial charge in [-0.1, -0.05) is 29.3 Å². The summed E-state index contributed by atoms with van der Waals surface area (Å²) in [6.45, 7) is 5.96. The predicted molar refractivity (Wildman–Crippen MR) is 128 cm³/mol. The Morgan fingerprint density at radius 3 is 2.42 bits per heavy atom. The lowest BCUT2D eigenvalue weighted by Crippen LogP contribution is -2.54. The number of amides is 3. The van der Waals surface area contributed by atoms with Gasteiger partial charge in [0.25, 0.3) is 5.91 Å². The van der Waals surface area contributed by atoms with Gasteiger partial charge in [-0.05, 0) is 68.1 Å². The van der Waals surface area contributed by atoms with Gasteiger partial charge in [0.05, 0.1) is 15.5 Å². The van der Waals surface area contributed by atoms with Crippen LogP contribution in [0.15, 0.2) is 36.4 Å². The SMILES string of the molecule is Cc1ccc(NC(=O)N2CCC3(CC2)SCCN3C(=O)c2ccc(Cl)cc2Cl)cc1C. The number of thioether (sulfide) groups is 1. The Bertz CT molecular complexity index is 1020. The van der Waals surface area contributed by atoms with Crippen molar-refractivity contribution >= 4 is 52.6 Å². The maximum Gasteiger partial charge on any atom is 0.321 e. The van der Waals surface area contributed by atoms with Crippen LogP contribution in [-0.4, -0.2) is 52.0 Å². The smallest absolute Gasteiger partial charge is 0.321 e. The van der Waals surface area contributed by atoms with Gasteiger partial charge in [-0.25, -0.2) is 4.79 Å². The largest absolute Gasteiger partial charge is 0.324 e. The molecule has 2 aliphatic rings. The molecule has 1 N–H and O–H groups in total. The van der Waals surface area contributed by atoms with Gasteiger partial charge < -0.3 is 15.1 Å². The Kier molecular flexibility index (Phi) is 6.42. The van der Waals surface area contributed by atoms with E-state index >= 15 is 0 Å². The van der Waals surface area contributed by atoms with E-state index in [4.69, 9.17) is 23.2 Å². The number of halogens is 2. The van der Waals surface area contributed by atoms with Crippen molar-refractivity contribution in [2.45, 2.75) is 31.6 Å². The maximum absolute atomic E-state index is 13.3. The van der Waals surface area contributed by atoms with Crippen LogP contribution >= 0.6 is 35.0 Å². The molecule has 3 amide bonds. The zero-order chi connectivity index (χ0) is 22.2.